The molecule has 0 radical (unpaired) electrons. The van der Waals surface area contributed by atoms with Crippen molar-refractivity contribution in [2.45, 2.75) is 74.0 Å². The van der Waals surface area contributed by atoms with Crippen molar-refractivity contribution in [2.75, 3.05) is 12.3 Å². The Hall–Kier alpha value is -1.38. The van der Waals surface area contributed by atoms with Crippen molar-refractivity contribution in [2.24, 2.45) is 17.2 Å². The van der Waals surface area contributed by atoms with Gasteiger partial charge in [-0.25, -0.2) is 0 Å². The fourth-order valence-corrected chi connectivity index (χ4v) is 3.93. The van der Waals surface area contributed by atoms with Gasteiger partial charge >= 0.3 is 0 Å². The summed E-state index contributed by atoms with van der Waals surface area (Å²) in [4.78, 5) is 0. The van der Waals surface area contributed by atoms with Crippen LogP contribution in [0.25, 0.3) is 0 Å². The molecular formula is C19H33N5O6. The van der Waals surface area contributed by atoms with Crippen LogP contribution < -0.4 is 28.3 Å². The van der Waals surface area contributed by atoms with E-state index in [1.807, 2.05) is 18.2 Å². The molecule has 30 heavy (non-hydrogen) atoms. The number of nitrogens with two attached hydrogens (primary N) is 4. The Morgan fingerprint density at radius 3 is 2.43 bits per heavy atom. The molecule has 1 aliphatic carbocycles. The molecule has 0 spiro atoms. The zero-order chi connectivity index (χ0) is 22.0. The number of ether oxygens (including phenoxy) is 2. The summed E-state index contributed by atoms with van der Waals surface area (Å²) in [6, 6.07) is 4.95. The van der Waals surface area contributed by atoms with Gasteiger partial charge in [-0.05, 0) is 24.1 Å². The van der Waals surface area contributed by atoms with Gasteiger partial charge in [-0.2, -0.15) is 0 Å². The van der Waals surface area contributed by atoms with E-state index in [1.54, 1.807) is 6.07 Å². The molecule has 0 aromatic heterocycles. The van der Waals surface area contributed by atoms with Crippen molar-refractivity contribution in [3.63, 3.8) is 0 Å². The van der Waals surface area contributed by atoms with Crippen LogP contribution in [0.3, 0.4) is 0 Å². The van der Waals surface area contributed by atoms with Crippen molar-refractivity contribution in [3.05, 3.63) is 29.8 Å². The maximum absolute atomic E-state index is 10.4. The van der Waals surface area contributed by atoms with E-state index in [4.69, 9.17) is 32.4 Å². The monoisotopic (exact) mass is 427 g/mol. The second-order valence-corrected chi connectivity index (χ2v) is 8.12. The zero-order valence-electron chi connectivity index (χ0n) is 16.6. The normalized spacial score (nSPS) is 42.2. The lowest BCUT2D eigenvalue weighted by atomic mass is 9.84. The Morgan fingerprint density at radius 2 is 1.73 bits per heavy atom. The number of rotatable bonds is 6. The first-order chi connectivity index (χ1) is 14.2. The molecule has 1 heterocycles. The first kappa shape index (κ1) is 23.3. The molecule has 11 heteroatoms. The largest absolute Gasteiger partial charge is 0.399 e. The number of anilines is 1. The highest BCUT2D eigenvalue weighted by Crippen LogP contribution is 2.27. The van der Waals surface area contributed by atoms with Crippen LogP contribution in [0.2, 0.25) is 0 Å². The van der Waals surface area contributed by atoms with Crippen LogP contribution in [0.5, 0.6) is 0 Å². The second-order valence-electron chi connectivity index (χ2n) is 8.12. The summed E-state index contributed by atoms with van der Waals surface area (Å²) >= 11 is 0. The molecule has 0 unspecified atom stereocenters. The molecule has 170 valence electrons. The van der Waals surface area contributed by atoms with E-state index >= 15 is 0 Å². The second kappa shape index (κ2) is 9.83. The van der Waals surface area contributed by atoms with Crippen molar-refractivity contribution < 1.29 is 29.9 Å². The first-order valence-corrected chi connectivity index (χ1v) is 10.0. The number of aliphatic hydroxyl groups is 4. The molecule has 1 aliphatic heterocycles. The van der Waals surface area contributed by atoms with Crippen molar-refractivity contribution in [1.82, 2.24) is 5.32 Å². The average molecular weight is 428 g/mol. The van der Waals surface area contributed by atoms with Gasteiger partial charge in [0, 0.05) is 30.9 Å². The molecule has 11 nitrogen and oxygen atoms in total. The summed E-state index contributed by atoms with van der Waals surface area (Å²) in [5.74, 6) is 0. The zero-order valence-corrected chi connectivity index (χ0v) is 16.6. The molecule has 1 aromatic carbocycles. The Bertz CT molecular complexity index is 699. The summed E-state index contributed by atoms with van der Waals surface area (Å²) in [5, 5.41) is 44.2. The molecule has 1 saturated carbocycles. The summed E-state index contributed by atoms with van der Waals surface area (Å²) < 4.78 is 11.5. The van der Waals surface area contributed by atoms with Crippen LogP contribution in [0, 0.1) is 0 Å². The van der Waals surface area contributed by atoms with Gasteiger partial charge in [-0.3, -0.25) is 0 Å². The Balaban J connectivity index is 1.61. The molecular weight excluding hydrogens is 394 g/mol. The third-order valence-corrected chi connectivity index (χ3v) is 5.76. The molecule has 10 atom stereocenters. The number of hydrogen-bond donors (Lipinski definition) is 9. The van der Waals surface area contributed by atoms with Crippen LogP contribution in [0.1, 0.15) is 12.0 Å². The quantitative estimate of drug-likeness (QED) is 0.201. The standard InChI is InChI=1S/C19H33N5O6/c20-9-3-1-2-8(4-9)6-24-7-12-15(26)16(27)13(23)19(29-12)30-18-11(22)5-10(21)14(25)17(18)28/h1-4,10-19,24-28H,5-7,20-23H2/t10-,11+,12-,13-,14+,15-,16-,17-,18-,19-/m1/s1. The third-order valence-electron chi connectivity index (χ3n) is 5.76. The van der Waals surface area contributed by atoms with Gasteiger partial charge in [0.25, 0.3) is 0 Å². The molecule has 2 fully saturated rings. The fraction of sp³-hybridized carbons (Fsp3) is 0.684. The Kier molecular flexibility index (Phi) is 7.63. The van der Waals surface area contributed by atoms with Gasteiger partial charge in [0.15, 0.2) is 6.29 Å². The van der Waals surface area contributed by atoms with Crippen LogP contribution in [0.4, 0.5) is 5.69 Å². The molecule has 1 aromatic rings. The highest BCUT2D eigenvalue weighted by atomic mass is 16.7. The van der Waals surface area contributed by atoms with E-state index in [0.29, 0.717) is 12.2 Å². The Morgan fingerprint density at radius 1 is 1.00 bits per heavy atom. The highest BCUT2D eigenvalue weighted by molar-refractivity contribution is 5.40. The van der Waals surface area contributed by atoms with Crippen LogP contribution in [-0.2, 0) is 16.0 Å². The smallest absolute Gasteiger partial charge is 0.176 e. The lowest BCUT2D eigenvalue weighted by Crippen LogP contribution is -2.67. The van der Waals surface area contributed by atoms with E-state index in [1.165, 1.54) is 0 Å². The summed E-state index contributed by atoms with van der Waals surface area (Å²) in [6.45, 7) is 0.675. The number of hydrogen-bond acceptors (Lipinski definition) is 11. The Labute approximate surface area is 174 Å². The van der Waals surface area contributed by atoms with Gasteiger partial charge in [0.1, 0.15) is 30.5 Å². The third kappa shape index (κ3) is 5.08. The molecule has 2 aliphatic rings. The van der Waals surface area contributed by atoms with E-state index in [-0.39, 0.29) is 13.0 Å². The SMILES string of the molecule is Nc1cccc(CNC[C@H]2O[C@H](O[C@H]3[C@H](O)[C@@H](O)[C@H](N)C[C@@H]3N)[C@H](N)[C@@H](O)[C@@H]2O)c1. The topological polar surface area (TPSA) is 215 Å². The number of nitrogens with one attached hydrogen (secondary N) is 1. The number of aliphatic hydroxyl groups excluding tert-OH is 4. The van der Waals surface area contributed by atoms with E-state index < -0.39 is 61.0 Å². The highest BCUT2D eigenvalue weighted by Gasteiger charge is 2.48. The predicted molar refractivity (Wildman–Crippen MR) is 109 cm³/mol. The predicted octanol–water partition coefficient (Wildman–Crippen LogP) is -3.70. The molecule has 13 N–H and O–H groups in total. The van der Waals surface area contributed by atoms with Gasteiger partial charge < -0.3 is 58.2 Å². The van der Waals surface area contributed by atoms with Crippen LogP contribution >= 0.6 is 0 Å². The molecule has 0 amide bonds. The van der Waals surface area contributed by atoms with Crippen molar-refractivity contribution in [3.8, 4) is 0 Å². The minimum Gasteiger partial charge on any atom is -0.399 e. The maximum atomic E-state index is 10.4. The maximum Gasteiger partial charge on any atom is 0.176 e. The molecule has 3 rings (SSSR count). The van der Waals surface area contributed by atoms with Crippen LogP contribution in [0.15, 0.2) is 24.3 Å². The van der Waals surface area contributed by atoms with E-state index in [9.17, 15) is 20.4 Å². The van der Waals surface area contributed by atoms with E-state index in [2.05, 4.69) is 5.32 Å². The first-order valence-electron chi connectivity index (χ1n) is 10.0. The summed E-state index contributed by atoms with van der Waals surface area (Å²) in [7, 11) is 0. The lowest BCUT2D eigenvalue weighted by Gasteiger charge is -2.46. The fourth-order valence-electron chi connectivity index (χ4n) is 3.93. The van der Waals surface area contributed by atoms with E-state index in [0.717, 1.165) is 5.56 Å². The summed E-state index contributed by atoms with van der Waals surface area (Å²) in [5.41, 5.74) is 25.1. The van der Waals surface area contributed by atoms with Gasteiger partial charge in [-0.1, -0.05) is 12.1 Å². The number of nitrogen functional groups attached to an aromatic ring is 1. The average Bonchev–Trinajstić information content (AvgIpc) is 2.70. The van der Waals surface area contributed by atoms with Gasteiger partial charge in [0.05, 0.1) is 12.1 Å². The summed E-state index contributed by atoms with van der Waals surface area (Å²) in [6.07, 6.45) is -7.81. The van der Waals surface area contributed by atoms with Crippen molar-refractivity contribution >= 4 is 5.69 Å². The lowest BCUT2D eigenvalue weighted by molar-refractivity contribution is -0.288. The minimum atomic E-state index is -1.33. The van der Waals surface area contributed by atoms with Gasteiger partial charge in [0.2, 0.25) is 0 Å². The molecule has 1 saturated heterocycles. The van der Waals surface area contributed by atoms with Gasteiger partial charge in [-0.15, -0.1) is 0 Å². The van der Waals surface area contributed by atoms with Crippen LogP contribution in [-0.4, -0.2) is 88.0 Å². The molecule has 0 bridgehead atoms. The number of benzene rings is 1. The minimum absolute atomic E-state index is 0.201. The van der Waals surface area contributed by atoms with Crippen molar-refractivity contribution in [1.29, 1.82) is 0 Å².